The van der Waals surface area contributed by atoms with Gasteiger partial charge in [0.15, 0.2) is 11.5 Å². The molecule has 0 saturated heterocycles. The number of rotatable bonds is 9. The zero-order chi connectivity index (χ0) is 20.7. The Labute approximate surface area is 171 Å². The molecule has 0 unspecified atom stereocenters. The molecular formula is C22H23NO5S. The van der Waals surface area contributed by atoms with Gasteiger partial charge in [0.25, 0.3) is 0 Å². The Morgan fingerprint density at radius 1 is 0.759 bits per heavy atom. The van der Waals surface area contributed by atoms with Crippen molar-refractivity contribution in [2.45, 2.75) is 18.0 Å². The molecule has 0 aromatic heterocycles. The van der Waals surface area contributed by atoms with Crippen LogP contribution in [0.15, 0.2) is 77.7 Å². The van der Waals surface area contributed by atoms with Crippen LogP contribution in [0, 0.1) is 0 Å². The molecule has 0 amide bonds. The molecule has 1 N–H and O–H groups in total. The van der Waals surface area contributed by atoms with Crippen molar-refractivity contribution in [3.8, 4) is 17.2 Å². The average molecular weight is 413 g/mol. The molecule has 0 aliphatic carbocycles. The highest BCUT2D eigenvalue weighted by atomic mass is 32.2. The molecule has 3 aromatic carbocycles. The first-order valence-corrected chi connectivity index (χ1v) is 10.5. The van der Waals surface area contributed by atoms with Crippen molar-refractivity contribution in [3.05, 3.63) is 83.9 Å². The third kappa shape index (κ3) is 5.28. The molecule has 29 heavy (non-hydrogen) atoms. The van der Waals surface area contributed by atoms with Crippen LogP contribution in [0.4, 0.5) is 0 Å². The Kier molecular flexibility index (Phi) is 6.74. The van der Waals surface area contributed by atoms with Crippen LogP contribution >= 0.6 is 0 Å². The van der Waals surface area contributed by atoms with Gasteiger partial charge in [0.1, 0.15) is 17.3 Å². The van der Waals surface area contributed by atoms with Crippen LogP contribution < -0.4 is 18.9 Å². The van der Waals surface area contributed by atoms with Gasteiger partial charge in [-0.2, -0.15) is 0 Å². The van der Waals surface area contributed by atoms with Gasteiger partial charge in [-0.15, -0.1) is 0 Å². The highest BCUT2D eigenvalue weighted by Gasteiger charge is 2.19. The van der Waals surface area contributed by atoms with Gasteiger partial charge in [-0.25, -0.2) is 13.1 Å². The summed E-state index contributed by atoms with van der Waals surface area (Å²) in [6.45, 7) is 0.521. The largest absolute Gasteiger partial charge is 0.495 e. The molecule has 0 aliphatic rings. The summed E-state index contributed by atoms with van der Waals surface area (Å²) in [5, 5.41) is 0. The van der Waals surface area contributed by atoms with E-state index < -0.39 is 10.0 Å². The minimum absolute atomic E-state index is 0.0947. The second kappa shape index (κ2) is 9.45. The van der Waals surface area contributed by atoms with Crippen LogP contribution in [0.5, 0.6) is 17.2 Å². The minimum Gasteiger partial charge on any atom is -0.495 e. The van der Waals surface area contributed by atoms with E-state index >= 15 is 0 Å². The summed E-state index contributed by atoms with van der Waals surface area (Å²) in [6.07, 6.45) is 0. The number of benzene rings is 3. The quantitative estimate of drug-likeness (QED) is 0.578. The van der Waals surface area contributed by atoms with Crippen LogP contribution in [0.3, 0.4) is 0 Å². The van der Waals surface area contributed by atoms with Crippen molar-refractivity contribution < 1.29 is 22.6 Å². The lowest BCUT2D eigenvalue weighted by molar-refractivity contribution is 0.284. The van der Waals surface area contributed by atoms with Gasteiger partial charge in [0.05, 0.1) is 14.2 Å². The fourth-order valence-corrected chi connectivity index (χ4v) is 3.96. The maximum Gasteiger partial charge on any atom is 0.244 e. The maximum atomic E-state index is 12.6. The monoisotopic (exact) mass is 413 g/mol. The predicted octanol–water partition coefficient (Wildman–Crippen LogP) is 3.76. The summed E-state index contributed by atoms with van der Waals surface area (Å²) in [5.74, 6) is 1.42. The van der Waals surface area contributed by atoms with Crippen molar-refractivity contribution in [1.29, 1.82) is 0 Å². The van der Waals surface area contributed by atoms with Crippen molar-refractivity contribution >= 4 is 10.0 Å². The van der Waals surface area contributed by atoms with Gasteiger partial charge in [-0.1, -0.05) is 48.5 Å². The third-order valence-electron chi connectivity index (χ3n) is 4.29. The van der Waals surface area contributed by atoms with E-state index in [2.05, 4.69) is 4.72 Å². The molecule has 3 aromatic rings. The zero-order valence-corrected chi connectivity index (χ0v) is 17.1. The first-order chi connectivity index (χ1) is 14.0. The summed E-state index contributed by atoms with van der Waals surface area (Å²) in [4.78, 5) is 0.0947. The summed E-state index contributed by atoms with van der Waals surface area (Å²) < 4.78 is 44.2. The van der Waals surface area contributed by atoms with E-state index in [-0.39, 0.29) is 11.4 Å². The fourth-order valence-electron chi connectivity index (χ4n) is 2.77. The second-order valence-corrected chi connectivity index (χ2v) is 7.97. The standard InChI is InChI=1S/C22H23NO5S/c1-26-20-10-6-7-11-22(20)29(24,25)23-15-18-12-13-19(21(14-18)27-2)28-16-17-8-4-3-5-9-17/h3-14,23H,15-16H2,1-2H3. The number of sulfonamides is 1. The normalized spacial score (nSPS) is 11.1. The van der Waals surface area contributed by atoms with E-state index in [1.165, 1.54) is 13.2 Å². The Morgan fingerprint density at radius 3 is 2.17 bits per heavy atom. The van der Waals surface area contributed by atoms with Gasteiger partial charge < -0.3 is 14.2 Å². The Bertz CT molecular complexity index is 1050. The Balaban J connectivity index is 1.70. The fraction of sp³-hybridized carbons (Fsp3) is 0.182. The van der Waals surface area contributed by atoms with E-state index in [1.54, 1.807) is 43.5 Å². The topological polar surface area (TPSA) is 73.9 Å². The van der Waals surface area contributed by atoms with Crippen LogP contribution in [0.25, 0.3) is 0 Å². The van der Waals surface area contributed by atoms with Gasteiger partial charge in [0, 0.05) is 6.54 Å². The Morgan fingerprint density at radius 2 is 1.45 bits per heavy atom. The van der Waals surface area contributed by atoms with Gasteiger partial charge in [-0.3, -0.25) is 0 Å². The van der Waals surface area contributed by atoms with Gasteiger partial charge >= 0.3 is 0 Å². The molecule has 0 radical (unpaired) electrons. The van der Waals surface area contributed by atoms with Crippen molar-refractivity contribution in [2.75, 3.05) is 14.2 Å². The first-order valence-electron chi connectivity index (χ1n) is 9.00. The number of hydrogen-bond donors (Lipinski definition) is 1. The lowest BCUT2D eigenvalue weighted by Crippen LogP contribution is -2.23. The zero-order valence-electron chi connectivity index (χ0n) is 16.3. The van der Waals surface area contributed by atoms with Crippen LogP contribution in [0.1, 0.15) is 11.1 Å². The summed E-state index contributed by atoms with van der Waals surface area (Å²) in [5.41, 5.74) is 1.79. The third-order valence-corrected chi connectivity index (χ3v) is 5.73. The molecule has 0 heterocycles. The van der Waals surface area contributed by atoms with Gasteiger partial charge in [0.2, 0.25) is 10.0 Å². The smallest absolute Gasteiger partial charge is 0.244 e. The molecule has 7 heteroatoms. The average Bonchev–Trinajstić information content (AvgIpc) is 2.77. The van der Waals surface area contributed by atoms with Crippen molar-refractivity contribution in [2.24, 2.45) is 0 Å². The number of para-hydroxylation sites is 1. The number of hydrogen-bond acceptors (Lipinski definition) is 5. The highest BCUT2D eigenvalue weighted by molar-refractivity contribution is 7.89. The lowest BCUT2D eigenvalue weighted by Gasteiger charge is -2.13. The van der Waals surface area contributed by atoms with Crippen LogP contribution in [-0.2, 0) is 23.2 Å². The molecule has 0 spiro atoms. The molecule has 6 nitrogen and oxygen atoms in total. The molecule has 0 bridgehead atoms. The molecule has 152 valence electrons. The summed E-state index contributed by atoms with van der Waals surface area (Å²) >= 11 is 0. The molecule has 0 saturated carbocycles. The van der Waals surface area contributed by atoms with E-state index in [0.717, 1.165) is 11.1 Å². The number of nitrogens with one attached hydrogen (secondary N) is 1. The maximum absolute atomic E-state index is 12.6. The van der Waals surface area contributed by atoms with Crippen molar-refractivity contribution in [3.63, 3.8) is 0 Å². The molecule has 0 atom stereocenters. The summed E-state index contributed by atoms with van der Waals surface area (Å²) in [6, 6.07) is 21.6. The first kappa shape index (κ1) is 20.7. The van der Waals surface area contributed by atoms with E-state index in [1.807, 2.05) is 30.3 Å². The predicted molar refractivity (Wildman–Crippen MR) is 111 cm³/mol. The summed E-state index contributed by atoms with van der Waals surface area (Å²) in [7, 11) is -0.737. The lowest BCUT2D eigenvalue weighted by atomic mass is 10.2. The van der Waals surface area contributed by atoms with Crippen LogP contribution in [-0.4, -0.2) is 22.6 Å². The minimum atomic E-state index is -3.72. The van der Waals surface area contributed by atoms with Gasteiger partial charge in [-0.05, 0) is 35.4 Å². The van der Waals surface area contributed by atoms with E-state index in [4.69, 9.17) is 14.2 Å². The highest BCUT2D eigenvalue weighted by Crippen LogP contribution is 2.29. The van der Waals surface area contributed by atoms with E-state index in [9.17, 15) is 8.42 Å². The molecular weight excluding hydrogens is 390 g/mol. The van der Waals surface area contributed by atoms with Crippen LogP contribution in [0.2, 0.25) is 0 Å². The SMILES string of the molecule is COc1cc(CNS(=O)(=O)c2ccccc2OC)ccc1OCc1ccccc1. The molecule has 3 rings (SSSR count). The second-order valence-electron chi connectivity index (χ2n) is 6.23. The molecule has 0 aliphatic heterocycles. The number of ether oxygens (including phenoxy) is 3. The molecule has 0 fully saturated rings. The van der Waals surface area contributed by atoms with Crippen molar-refractivity contribution in [1.82, 2.24) is 4.72 Å². The van der Waals surface area contributed by atoms with E-state index in [0.29, 0.717) is 23.9 Å². The number of methoxy groups -OCH3 is 2. The Hall–Kier alpha value is -3.03.